The maximum absolute atomic E-state index is 8.81. The van der Waals surface area contributed by atoms with E-state index in [0.29, 0.717) is 6.54 Å². The third kappa shape index (κ3) is 2.95. The van der Waals surface area contributed by atoms with Crippen molar-refractivity contribution in [1.29, 1.82) is 0 Å². The predicted octanol–water partition coefficient (Wildman–Crippen LogP) is -1.09. The van der Waals surface area contributed by atoms with Crippen molar-refractivity contribution in [2.45, 2.75) is 12.6 Å². The molecule has 0 saturated carbocycles. The minimum Gasteiger partial charge on any atom is -0.391 e. The van der Waals surface area contributed by atoms with Gasteiger partial charge in [-0.2, -0.15) is 0 Å². The molecule has 7 heteroatoms. The number of nitrogens with two attached hydrogens (primary N) is 3. The first-order chi connectivity index (χ1) is 6.63. The molecule has 0 aliphatic rings. The lowest BCUT2D eigenvalue weighted by molar-refractivity contribution is 0.285. The molecular formula is C7H13N5OS. The summed E-state index contributed by atoms with van der Waals surface area (Å²) in [6.45, 7) is 0.285. The van der Waals surface area contributed by atoms with Crippen molar-refractivity contribution in [3.63, 3.8) is 0 Å². The molecule has 0 bridgehead atoms. The Bertz CT molecular complexity index is 320. The number of aliphatic hydroxyl groups excluding tert-OH is 1. The summed E-state index contributed by atoms with van der Waals surface area (Å²) in [7, 11) is 0. The van der Waals surface area contributed by atoms with E-state index >= 15 is 0 Å². The molecule has 1 aromatic heterocycles. The number of guanidine groups is 1. The van der Waals surface area contributed by atoms with Crippen LogP contribution in [-0.2, 0) is 6.61 Å². The third-order valence-electron chi connectivity index (χ3n) is 1.52. The third-order valence-corrected chi connectivity index (χ3v) is 2.63. The molecule has 0 aromatic carbocycles. The van der Waals surface area contributed by atoms with Crippen LogP contribution in [0.3, 0.4) is 0 Å². The highest BCUT2D eigenvalue weighted by atomic mass is 32.1. The summed E-state index contributed by atoms with van der Waals surface area (Å²) in [6.07, 6.45) is 1.59. The first-order valence-electron chi connectivity index (χ1n) is 4.00. The fraction of sp³-hybridized carbons (Fsp3) is 0.429. The standard InChI is InChI=1S/C7H13N5OS/c8-5(2-12-7(9)10)6-11-1-4(3-13)14-6/h1,5,13H,2-3,8H2,(H4,9,10,12). The van der Waals surface area contributed by atoms with Crippen molar-refractivity contribution in [1.82, 2.24) is 4.98 Å². The van der Waals surface area contributed by atoms with Crippen LogP contribution in [0.4, 0.5) is 0 Å². The smallest absolute Gasteiger partial charge is 0.185 e. The fourth-order valence-electron chi connectivity index (χ4n) is 0.849. The summed E-state index contributed by atoms with van der Waals surface area (Å²) in [5.41, 5.74) is 16.1. The number of rotatable bonds is 4. The Morgan fingerprint density at radius 3 is 2.86 bits per heavy atom. The van der Waals surface area contributed by atoms with Gasteiger partial charge in [-0.1, -0.05) is 0 Å². The summed E-state index contributed by atoms with van der Waals surface area (Å²) in [6, 6.07) is -0.317. The Balaban J connectivity index is 2.60. The van der Waals surface area contributed by atoms with E-state index < -0.39 is 0 Å². The second-order valence-corrected chi connectivity index (χ2v) is 3.84. The molecule has 7 N–H and O–H groups in total. The van der Waals surface area contributed by atoms with E-state index in [0.717, 1.165) is 9.88 Å². The van der Waals surface area contributed by atoms with Gasteiger partial charge in [-0.25, -0.2) is 4.98 Å². The lowest BCUT2D eigenvalue weighted by Gasteiger charge is -2.03. The first-order valence-corrected chi connectivity index (χ1v) is 4.81. The average Bonchev–Trinajstić information content (AvgIpc) is 2.62. The molecule has 1 atom stereocenters. The molecule has 0 amide bonds. The van der Waals surface area contributed by atoms with Crippen molar-refractivity contribution in [3.8, 4) is 0 Å². The Labute approximate surface area is 85.5 Å². The quantitative estimate of drug-likeness (QED) is 0.375. The van der Waals surface area contributed by atoms with Gasteiger partial charge in [0.1, 0.15) is 5.01 Å². The molecule has 1 aromatic rings. The SMILES string of the molecule is NC(N)=NCC(N)c1ncc(CO)s1. The molecule has 0 aliphatic carbocycles. The molecule has 78 valence electrons. The number of aliphatic imine (C=N–C) groups is 1. The van der Waals surface area contributed by atoms with Gasteiger partial charge in [0.05, 0.1) is 24.1 Å². The van der Waals surface area contributed by atoms with E-state index in [9.17, 15) is 0 Å². The first kappa shape index (κ1) is 10.9. The van der Waals surface area contributed by atoms with Crippen LogP contribution in [0, 0.1) is 0 Å². The van der Waals surface area contributed by atoms with Crippen LogP contribution < -0.4 is 17.2 Å². The molecule has 14 heavy (non-hydrogen) atoms. The van der Waals surface area contributed by atoms with Gasteiger partial charge in [0, 0.05) is 6.20 Å². The van der Waals surface area contributed by atoms with Gasteiger partial charge < -0.3 is 22.3 Å². The highest BCUT2D eigenvalue weighted by Crippen LogP contribution is 2.18. The summed E-state index contributed by atoms with van der Waals surface area (Å²) in [5.74, 6) is 0.0133. The lowest BCUT2D eigenvalue weighted by atomic mass is 10.3. The summed E-state index contributed by atoms with van der Waals surface area (Å²) in [5, 5.41) is 9.53. The summed E-state index contributed by atoms with van der Waals surface area (Å²) in [4.78, 5) is 8.61. The van der Waals surface area contributed by atoms with Crippen LogP contribution in [0.25, 0.3) is 0 Å². The van der Waals surface area contributed by atoms with Gasteiger partial charge in [0.15, 0.2) is 5.96 Å². The van der Waals surface area contributed by atoms with Crippen molar-refractivity contribution in [3.05, 3.63) is 16.1 Å². The van der Waals surface area contributed by atoms with Gasteiger partial charge in [-0.15, -0.1) is 11.3 Å². The maximum Gasteiger partial charge on any atom is 0.185 e. The Hall–Kier alpha value is -1.18. The molecule has 0 fully saturated rings. The second kappa shape index (κ2) is 4.89. The van der Waals surface area contributed by atoms with Gasteiger partial charge in [0.2, 0.25) is 0 Å². The zero-order valence-electron chi connectivity index (χ0n) is 7.55. The highest BCUT2D eigenvalue weighted by Gasteiger charge is 2.09. The highest BCUT2D eigenvalue weighted by molar-refractivity contribution is 7.11. The number of nitrogens with zero attached hydrogens (tertiary/aromatic N) is 2. The fourth-order valence-corrected chi connectivity index (χ4v) is 1.62. The molecule has 1 unspecified atom stereocenters. The van der Waals surface area contributed by atoms with Crippen LogP contribution in [0.1, 0.15) is 15.9 Å². The predicted molar refractivity (Wildman–Crippen MR) is 55.6 cm³/mol. The molecule has 1 heterocycles. The normalized spacial score (nSPS) is 12.4. The Kier molecular flexibility index (Phi) is 3.81. The number of thiazole rings is 1. The van der Waals surface area contributed by atoms with Gasteiger partial charge in [0.25, 0.3) is 0 Å². The number of aromatic nitrogens is 1. The van der Waals surface area contributed by atoms with Gasteiger partial charge >= 0.3 is 0 Å². The molecule has 0 aliphatic heterocycles. The second-order valence-electron chi connectivity index (χ2n) is 2.69. The van der Waals surface area contributed by atoms with Crippen molar-refractivity contribution < 1.29 is 5.11 Å². The van der Waals surface area contributed by atoms with E-state index in [1.165, 1.54) is 11.3 Å². The number of hydrogen-bond acceptors (Lipinski definition) is 5. The van der Waals surface area contributed by atoms with E-state index in [1.807, 2.05) is 0 Å². The molecular weight excluding hydrogens is 202 g/mol. The molecule has 0 radical (unpaired) electrons. The van der Waals surface area contributed by atoms with Crippen molar-refractivity contribution in [2.24, 2.45) is 22.2 Å². The largest absolute Gasteiger partial charge is 0.391 e. The van der Waals surface area contributed by atoms with Crippen LogP contribution in [0.15, 0.2) is 11.2 Å². The zero-order chi connectivity index (χ0) is 10.6. The van der Waals surface area contributed by atoms with Crippen molar-refractivity contribution >= 4 is 17.3 Å². The van der Waals surface area contributed by atoms with Crippen LogP contribution in [-0.4, -0.2) is 22.6 Å². The monoisotopic (exact) mass is 215 g/mol. The zero-order valence-corrected chi connectivity index (χ0v) is 8.37. The molecule has 1 rings (SSSR count). The van der Waals surface area contributed by atoms with E-state index in [-0.39, 0.29) is 18.6 Å². The van der Waals surface area contributed by atoms with Gasteiger partial charge in [-0.3, -0.25) is 4.99 Å². The Morgan fingerprint density at radius 1 is 1.64 bits per heavy atom. The average molecular weight is 215 g/mol. The van der Waals surface area contributed by atoms with E-state index in [2.05, 4.69) is 9.98 Å². The maximum atomic E-state index is 8.81. The van der Waals surface area contributed by atoms with Crippen molar-refractivity contribution in [2.75, 3.05) is 6.54 Å². The minimum absolute atomic E-state index is 0.0133. The summed E-state index contributed by atoms with van der Waals surface area (Å²) < 4.78 is 0. The van der Waals surface area contributed by atoms with E-state index in [4.69, 9.17) is 22.3 Å². The number of hydrogen-bond donors (Lipinski definition) is 4. The number of aliphatic hydroxyl groups is 1. The van der Waals surface area contributed by atoms with E-state index in [1.54, 1.807) is 6.20 Å². The van der Waals surface area contributed by atoms with Crippen LogP contribution in [0.5, 0.6) is 0 Å². The van der Waals surface area contributed by atoms with Crippen LogP contribution >= 0.6 is 11.3 Å². The van der Waals surface area contributed by atoms with Gasteiger partial charge in [-0.05, 0) is 0 Å². The lowest BCUT2D eigenvalue weighted by Crippen LogP contribution is -2.25. The summed E-state index contributed by atoms with van der Waals surface area (Å²) >= 11 is 1.36. The molecule has 6 nitrogen and oxygen atoms in total. The van der Waals surface area contributed by atoms with Crippen LogP contribution in [0.2, 0.25) is 0 Å². The minimum atomic E-state index is -0.317. The Morgan fingerprint density at radius 2 is 2.36 bits per heavy atom. The molecule has 0 saturated heterocycles. The molecule has 0 spiro atoms. The topological polar surface area (TPSA) is 124 Å².